The molecule has 2 N–H and O–H groups in total. The maximum Gasteiger partial charge on any atom is 0.338 e. The van der Waals surface area contributed by atoms with Crippen LogP contribution in [0.15, 0.2) is 48.5 Å². The highest BCUT2D eigenvalue weighted by molar-refractivity contribution is 5.97. The molecule has 2 aromatic rings. The topological polar surface area (TPSA) is 52.3 Å². The summed E-state index contributed by atoms with van der Waals surface area (Å²) in [7, 11) is 1.39. The van der Waals surface area contributed by atoms with Gasteiger partial charge in [0.2, 0.25) is 0 Å². The maximum atomic E-state index is 11.7. The first-order valence-corrected chi connectivity index (χ1v) is 5.73. The van der Waals surface area contributed by atoms with E-state index in [0.717, 1.165) is 16.7 Å². The minimum Gasteiger partial charge on any atom is -0.465 e. The Labute approximate surface area is 106 Å². The van der Waals surface area contributed by atoms with E-state index < -0.39 is 0 Å². The van der Waals surface area contributed by atoms with E-state index in [1.807, 2.05) is 42.5 Å². The van der Waals surface area contributed by atoms with Crippen molar-refractivity contribution in [3.8, 4) is 11.1 Å². The first kappa shape index (κ1) is 12.3. The summed E-state index contributed by atoms with van der Waals surface area (Å²) in [4.78, 5) is 11.7. The Balaban J connectivity index is 2.46. The van der Waals surface area contributed by atoms with E-state index in [0.29, 0.717) is 12.1 Å². The number of carbonyl (C=O) groups is 1. The van der Waals surface area contributed by atoms with Gasteiger partial charge in [-0.1, -0.05) is 42.5 Å². The summed E-state index contributed by atoms with van der Waals surface area (Å²) in [6.07, 6.45) is 0. The van der Waals surface area contributed by atoms with Crippen LogP contribution in [0, 0.1) is 0 Å². The van der Waals surface area contributed by atoms with Gasteiger partial charge in [-0.3, -0.25) is 0 Å². The van der Waals surface area contributed by atoms with Crippen LogP contribution >= 0.6 is 0 Å². The van der Waals surface area contributed by atoms with Crippen LogP contribution in [0.5, 0.6) is 0 Å². The van der Waals surface area contributed by atoms with Crippen LogP contribution in [0.4, 0.5) is 0 Å². The molecule has 0 saturated carbocycles. The van der Waals surface area contributed by atoms with Crippen molar-refractivity contribution in [3.05, 3.63) is 59.7 Å². The van der Waals surface area contributed by atoms with Gasteiger partial charge in [0.25, 0.3) is 0 Å². The molecule has 0 aliphatic heterocycles. The third kappa shape index (κ3) is 2.41. The van der Waals surface area contributed by atoms with Gasteiger partial charge in [0.1, 0.15) is 0 Å². The lowest BCUT2D eigenvalue weighted by molar-refractivity contribution is 0.0601. The second-order valence-corrected chi connectivity index (χ2v) is 3.94. The molecule has 0 saturated heterocycles. The molecule has 2 rings (SSSR count). The zero-order valence-corrected chi connectivity index (χ0v) is 10.2. The first-order chi connectivity index (χ1) is 8.76. The number of esters is 1. The van der Waals surface area contributed by atoms with Gasteiger partial charge in [0.15, 0.2) is 0 Å². The number of methoxy groups -OCH3 is 1. The third-order valence-electron chi connectivity index (χ3n) is 2.83. The molecular formula is C15H15NO2. The molecule has 92 valence electrons. The number of rotatable bonds is 3. The largest absolute Gasteiger partial charge is 0.465 e. The fourth-order valence-electron chi connectivity index (χ4n) is 1.84. The Morgan fingerprint density at radius 3 is 2.39 bits per heavy atom. The number of carbonyl (C=O) groups excluding carboxylic acids is 1. The predicted octanol–water partition coefficient (Wildman–Crippen LogP) is 2.60. The van der Waals surface area contributed by atoms with Gasteiger partial charge < -0.3 is 10.5 Å². The van der Waals surface area contributed by atoms with Gasteiger partial charge in [-0.2, -0.15) is 0 Å². The lowest BCUT2D eigenvalue weighted by Crippen LogP contribution is -2.03. The van der Waals surface area contributed by atoms with Gasteiger partial charge in [0, 0.05) is 6.54 Å². The number of hydrogen-bond acceptors (Lipinski definition) is 3. The Morgan fingerprint density at radius 2 is 1.78 bits per heavy atom. The maximum absolute atomic E-state index is 11.7. The number of hydrogen-bond donors (Lipinski definition) is 1. The summed E-state index contributed by atoms with van der Waals surface area (Å²) < 4.78 is 4.78. The quantitative estimate of drug-likeness (QED) is 0.840. The molecule has 2 aromatic carbocycles. The smallest absolute Gasteiger partial charge is 0.338 e. The number of ether oxygens (including phenoxy) is 1. The fourth-order valence-corrected chi connectivity index (χ4v) is 1.84. The molecule has 0 unspecified atom stereocenters. The molecule has 0 spiro atoms. The van der Waals surface area contributed by atoms with E-state index in [2.05, 4.69) is 0 Å². The SMILES string of the molecule is COC(=O)c1ccccc1-c1ccc(CN)cc1. The molecule has 0 fully saturated rings. The van der Waals surface area contributed by atoms with Crippen LogP contribution in [0.2, 0.25) is 0 Å². The van der Waals surface area contributed by atoms with Gasteiger partial charge >= 0.3 is 5.97 Å². The van der Waals surface area contributed by atoms with Crippen LogP contribution in [0.1, 0.15) is 15.9 Å². The summed E-state index contributed by atoms with van der Waals surface area (Å²) in [5.41, 5.74) is 9.05. The van der Waals surface area contributed by atoms with Gasteiger partial charge in [-0.25, -0.2) is 4.79 Å². The van der Waals surface area contributed by atoms with E-state index in [1.54, 1.807) is 6.07 Å². The van der Waals surface area contributed by atoms with Crippen LogP contribution in [-0.4, -0.2) is 13.1 Å². The highest BCUT2D eigenvalue weighted by Crippen LogP contribution is 2.24. The predicted molar refractivity (Wildman–Crippen MR) is 71.1 cm³/mol. The summed E-state index contributed by atoms with van der Waals surface area (Å²) in [5, 5.41) is 0. The molecule has 18 heavy (non-hydrogen) atoms. The average Bonchev–Trinajstić information content (AvgIpc) is 2.46. The first-order valence-electron chi connectivity index (χ1n) is 5.73. The van der Waals surface area contributed by atoms with Crippen molar-refractivity contribution >= 4 is 5.97 Å². The van der Waals surface area contributed by atoms with Crippen molar-refractivity contribution in [2.45, 2.75) is 6.54 Å². The summed E-state index contributed by atoms with van der Waals surface area (Å²) in [6, 6.07) is 15.2. The van der Waals surface area contributed by atoms with E-state index >= 15 is 0 Å². The molecule has 3 nitrogen and oxygen atoms in total. The fraction of sp³-hybridized carbons (Fsp3) is 0.133. The Bertz CT molecular complexity index is 547. The minimum atomic E-state index is -0.325. The van der Waals surface area contributed by atoms with Crippen LogP contribution in [-0.2, 0) is 11.3 Å². The summed E-state index contributed by atoms with van der Waals surface area (Å²) >= 11 is 0. The van der Waals surface area contributed by atoms with Crippen molar-refractivity contribution in [2.24, 2.45) is 5.73 Å². The van der Waals surface area contributed by atoms with Crippen molar-refractivity contribution < 1.29 is 9.53 Å². The standard InChI is InChI=1S/C15H15NO2/c1-18-15(17)14-5-3-2-4-13(14)12-8-6-11(10-16)7-9-12/h2-9H,10,16H2,1H3. The Kier molecular flexibility index (Phi) is 3.75. The minimum absolute atomic E-state index is 0.325. The second kappa shape index (κ2) is 5.47. The van der Waals surface area contributed by atoms with Crippen LogP contribution in [0.3, 0.4) is 0 Å². The lowest BCUT2D eigenvalue weighted by Gasteiger charge is -2.08. The van der Waals surface area contributed by atoms with Gasteiger partial charge in [0.05, 0.1) is 12.7 Å². The van der Waals surface area contributed by atoms with Crippen molar-refractivity contribution in [2.75, 3.05) is 7.11 Å². The van der Waals surface area contributed by atoms with Gasteiger partial charge in [-0.05, 0) is 22.8 Å². The van der Waals surface area contributed by atoms with Gasteiger partial charge in [-0.15, -0.1) is 0 Å². The summed E-state index contributed by atoms with van der Waals surface area (Å²) in [6.45, 7) is 0.513. The summed E-state index contributed by atoms with van der Waals surface area (Å²) in [5.74, 6) is -0.325. The molecule has 0 aliphatic rings. The monoisotopic (exact) mass is 241 g/mol. The zero-order chi connectivity index (χ0) is 13.0. The molecule has 0 atom stereocenters. The second-order valence-electron chi connectivity index (χ2n) is 3.94. The normalized spacial score (nSPS) is 10.1. The van der Waals surface area contributed by atoms with Crippen LogP contribution < -0.4 is 5.73 Å². The number of benzene rings is 2. The zero-order valence-electron chi connectivity index (χ0n) is 10.2. The highest BCUT2D eigenvalue weighted by atomic mass is 16.5. The van der Waals surface area contributed by atoms with Crippen LogP contribution in [0.25, 0.3) is 11.1 Å². The molecule has 0 bridgehead atoms. The van der Waals surface area contributed by atoms with E-state index in [1.165, 1.54) is 7.11 Å². The van der Waals surface area contributed by atoms with E-state index in [9.17, 15) is 4.79 Å². The molecule has 0 amide bonds. The molecule has 0 radical (unpaired) electrons. The van der Waals surface area contributed by atoms with E-state index in [4.69, 9.17) is 10.5 Å². The van der Waals surface area contributed by atoms with E-state index in [-0.39, 0.29) is 5.97 Å². The lowest BCUT2D eigenvalue weighted by atomic mass is 9.99. The van der Waals surface area contributed by atoms with Crippen molar-refractivity contribution in [1.82, 2.24) is 0 Å². The Morgan fingerprint density at radius 1 is 1.11 bits per heavy atom. The van der Waals surface area contributed by atoms with Crippen molar-refractivity contribution in [1.29, 1.82) is 0 Å². The molecule has 0 heterocycles. The highest BCUT2D eigenvalue weighted by Gasteiger charge is 2.11. The molecule has 0 aromatic heterocycles. The molecule has 0 aliphatic carbocycles. The average molecular weight is 241 g/mol. The number of nitrogens with two attached hydrogens (primary N) is 1. The molecular weight excluding hydrogens is 226 g/mol. The Hall–Kier alpha value is -2.13. The van der Waals surface area contributed by atoms with Crippen molar-refractivity contribution in [3.63, 3.8) is 0 Å². The molecule has 3 heteroatoms. The third-order valence-corrected chi connectivity index (χ3v) is 2.83.